The van der Waals surface area contributed by atoms with Gasteiger partial charge in [-0.3, -0.25) is 4.79 Å². The number of nitrogen functional groups attached to an aromatic ring is 1. The molecule has 1 heterocycles. The molecule has 0 bridgehead atoms. The van der Waals surface area contributed by atoms with Gasteiger partial charge in [0.05, 0.1) is 0 Å². The molecular weight excluding hydrogens is 349 g/mol. The second kappa shape index (κ2) is 10.4. The van der Waals surface area contributed by atoms with Gasteiger partial charge in [-0.05, 0) is 31.0 Å². The van der Waals surface area contributed by atoms with Crippen molar-refractivity contribution in [1.29, 1.82) is 0 Å². The van der Waals surface area contributed by atoms with Gasteiger partial charge >= 0.3 is 0 Å². The molecular formula is C15H14B7FN3O2. The van der Waals surface area contributed by atoms with Gasteiger partial charge < -0.3 is 15.8 Å². The molecule has 28 heavy (non-hydrogen) atoms. The predicted octanol–water partition coefficient (Wildman–Crippen LogP) is 0.278. The van der Waals surface area contributed by atoms with E-state index in [2.05, 4.69) is 10.3 Å². The van der Waals surface area contributed by atoms with Crippen LogP contribution in [-0.2, 0) is 4.79 Å². The van der Waals surface area contributed by atoms with E-state index in [9.17, 15) is 9.18 Å². The first kappa shape index (κ1) is 22.1. The van der Waals surface area contributed by atoms with Crippen LogP contribution in [0.25, 0.3) is 0 Å². The van der Waals surface area contributed by atoms with E-state index in [1.807, 2.05) is 0 Å². The molecule has 0 unspecified atom stereocenters. The summed E-state index contributed by atoms with van der Waals surface area (Å²) in [6.45, 7) is 0. The number of halogens is 1. The number of amides is 1. The molecule has 3 N–H and O–H groups in total. The molecule has 1 aliphatic carbocycles. The van der Waals surface area contributed by atoms with E-state index in [-0.39, 0.29) is 24.0 Å². The Hall–Kier alpha value is -2.18. The van der Waals surface area contributed by atoms with Gasteiger partial charge in [-0.25, -0.2) is 9.37 Å². The number of carbonyl (C=O) groups excluding carboxylic acids is 1. The van der Waals surface area contributed by atoms with Crippen LogP contribution >= 0.6 is 0 Å². The van der Waals surface area contributed by atoms with E-state index in [0.29, 0.717) is 17.3 Å². The van der Waals surface area contributed by atoms with Crippen molar-refractivity contribution in [3.05, 3.63) is 42.3 Å². The quantitative estimate of drug-likeness (QED) is 0.571. The predicted molar refractivity (Wildman–Crippen MR) is 117 cm³/mol. The van der Waals surface area contributed by atoms with E-state index in [0.717, 1.165) is 12.8 Å². The minimum absolute atomic E-state index is 0.0432. The van der Waals surface area contributed by atoms with Crippen LogP contribution in [0, 0.1) is 11.7 Å². The van der Waals surface area contributed by atoms with Crippen LogP contribution in [0.3, 0.4) is 0 Å². The highest BCUT2D eigenvalue weighted by molar-refractivity contribution is 7.81. The topological polar surface area (TPSA) is 77.2 Å². The van der Waals surface area contributed by atoms with Gasteiger partial charge in [-0.2, -0.15) is 0 Å². The van der Waals surface area contributed by atoms with Crippen LogP contribution in [0.2, 0.25) is 0 Å². The van der Waals surface area contributed by atoms with E-state index in [1.54, 1.807) is 18.2 Å². The zero-order valence-corrected chi connectivity index (χ0v) is 15.2. The summed E-state index contributed by atoms with van der Waals surface area (Å²) in [4.78, 5) is 15.7. The fourth-order valence-corrected chi connectivity index (χ4v) is 1.97. The first-order valence-corrected chi connectivity index (χ1v) is 8.61. The molecule has 3 rings (SSSR count). The van der Waals surface area contributed by atoms with Crippen molar-refractivity contribution in [1.82, 2.24) is 4.98 Å². The highest BCUT2D eigenvalue weighted by Gasteiger charge is 2.29. The average Bonchev–Trinajstić information content (AvgIpc) is 3.49. The number of carbonyl (C=O) groups is 1. The summed E-state index contributed by atoms with van der Waals surface area (Å²) in [6, 6.07) is 7.33. The number of benzene rings is 1. The first-order valence-electron chi connectivity index (χ1n) is 8.61. The lowest BCUT2D eigenvalue weighted by Gasteiger charge is -2.09. The second-order valence-corrected chi connectivity index (χ2v) is 6.28. The molecule has 9 radical (unpaired) electrons. The molecule has 2 aromatic rings. The van der Waals surface area contributed by atoms with Crippen molar-refractivity contribution in [2.45, 2.75) is 12.8 Å². The van der Waals surface area contributed by atoms with Gasteiger partial charge in [0, 0.05) is 80.7 Å². The maximum absolute atomic E-state index is 13.7. The molecule has 1 aliphatic rings. The van der Waals surface area contributed by atoms with Crippen molar-refractivity contribution < 1.29 is 13.9 Å². The molecule has 1 saturated carbocycles. The molecule has 13 heteroatoms. The summed E-state index contributed by atoms with van der Waals surface area (Å²) >= 11 is 0. The summed E-state index contributed by atoms with van der Waals surface area (Å²) in [6.07, 6.45) is 2.40. The number of nitrogens with one attached hydrogen (secondary N) is 1. The van der Waals surface area contributed by atoms with Gasteiger partial charge in [-0.1, -0.05) is 0 Å². The smallest absolute Gasteiger partial charge is 0.228 e. The number of nitrogens with two attached hydrogens (primary N) is 1. The molecule has 0 spiro atoms. The van der Waals surface area contributed by atoms with Crippen LogP contribution in [0.1, 0.15) is 12.8 Å². The van der Waals surface area contributed by atoms with Crippen LogP contribution in [0.4, 0.5) is 15.9 Å². The number of ether oxygens (including phenoxy) is 1. The molecule has 1 fully saturated rings. The van der Waals surface area contributed by atoms with E-state index < -0.39 is 12.2 Å². The van der Waals surface area contributed by atoms with E-state index in [1.165, 1.54) is 25.4 Å². The maximum atomic E-state index is 13.7. The third-order valence-electron chi connectivity index (χ3n) is 3.78. The fraction of sp³-hybridized carbons (Fsp3) is 0.200. The third kappa shape index (κ3) is 7.10. The Kier molecular flexibility index (Phi) is 8.21. The summed E-state index contributed by atoms with van der Waals surface area (Å²) < 4.78 is 19.1. The molecule has 0 aliphatic heterocycles. The van der Waals surface area contributed by atoms with Crippen molar-refractivity contribution in [3.63, 3.8) is 0 Å². The van der Waals surface area contributed by atoms with Gasteiger partial charge in [0.2, 0.25) is 5.91 Å². The molecule has 1 aromatic carbocycles. The second-order valence-electron chi connectivity index (χ2n) is 6.28. The van der Waals surface area contributed by atoms with Gasteiger partial charge in [0.25, 0.3) is 0 Å². The van der Waals surface area contributed by atoms with Crippen LogP contribution in [0.5, 0.6) is 11.5 Å². The standard InChI is InChI=1S/C15H14FN3O2.B7/c16-12-7-10(17)3-4-13(12)21-11-5-6-18-14(8-11)19-15(20)9-1-2-9;1-5-7(4)6(2)3/h3-9H,1-2,17H2,(H,18,19,20);. The number of pyridine rings is 1. The Morgan fingerprint density at radius 1 is 1.29 bits per heavy atom. The highest BCUT2D eigenvalue weighted by atomic mass is 19.1. The maximum Gasteiger partial charge on any atom is 0.228 e. The molecule has 1 amide bonds. The van der Waals surface area contributed by atoms with E-state index in [4.69, 9.17) is 41.4 Å². The monoisotopic (exact) mass is 364 g/mol. The minimum atomic E-state index is -0.546. The van der Waals surface area contributed by atoms with Gasteiger partial charge in [0.15, 0.2) is 11.6 Å². The summed E-state index contributed by atoms with van der Waals surface area (Å²) in [5.74, 6) is 0.342. The SMILES string of the molecule is Nc1ccc(Oc2ccnc(NC(=O)C3CC3)c2)c(F)c1.[B][B]B([B])B([B])[B]. The summed E-state index contributed by atoms with van der Waals surface area (Å²) in [5, 5.41) is 2.71. The summed E-state index contributed by atoms with van der Waals surface area (Å²) in [5.41, 5.74) is 5.81. The number of hydrogen-bond acceptors (Lipinski definition) is 4. The van der Waals surface area contributed by atoms with Crippen molar-refractivity contribution in [2.75, 3.05) is 11.1 Å². The van der Waals surface area contributed by atoms with Gasteiger partial charge in [0.1, 0.15) is 11.6 Å². The Morgan fingerprint density at radius 2 is 2.00 bits per heavy atom. The molecule has 129 valence electrons. The zero-order valence-electron chi connectivity index (χ0n) is 15.2. The van der Waals surface area contributed by atoms with Crippen molar-refractivity contribution in [2.24, 2.45) is 5.92 Å². The van der Waals surface area contributed by atoms with Crippen molar-refractivity contribution in [3.8, 4) is 11.5 Å². The fourth-order valence-electron chi connectivity index (χ4n) is 1.97. The number of anilines is 2. The van der Waals surface area contributed by atoms with Crippen LogP contribution in [0.15, 0.2) is 36.5 Å². The Bertz CT molecular complexity index is 811. The van der Waals surface area contributed by atoms with Crippen LogP contribution < -0.4 is 15.8 Å². The average molecular weight is 363 g/mol. The van der Waals surface area contributed by atoms with E-state index >= 15 is 0 Å². The van der Waals surface area contributed by atoms with Gasteiger partial charge in [-0.15, -0.1) is 0 Å². The number of nitrogens with zero attached hydrogens (tertiary/aromatic N) is 1. The Labute approximate surface area is 171 Å². The lowest BCUT2D eigenvalue weighted by atomic mass is 8.76. The minimum Gasteiger partial charge on any atom is -0.454 e. The lowest BCUT2D eigenvalue weighted by Crippen LogP contribution is -2.43. The zero-order chi connectivity index (χ0) is 20.7. The van der Waals surface area contributed by atoms with Crippen LogP contribution in [-0.4, -0.2) is 61.7 Å². The summed E-state index contributed by atoms with van der Waals surface area (Å²) in [7, 11) is 21.6. The normalized spacial score (nSPS) is 12.2. The molecule has 5 nitrogen and oxygen atoms in total. The number of aromatic nitrogens is 1. The highest BCUT2D eigenvalue weighted by Crippen LogP contribution is 2.31. The Morgan fingerprint density at radius 3 is 2.54 bits per heavy atom. The number of hydrogen-bond donors (Lipinski definition) is 2. The number of rotatable bonds is 6. The van der Waals surface area contributed by atoms with Crippen molar-refractivity contribution >= 4 is 68.2 Å². The lowest BCUT2D eigenvalue weighted by molar-refractivity contribution is -0.117. The third-order valence-corrected chi connectivity index (χ3v) is 3.78. The largest absolute Gasteiger partial charge is 0.454 e. The Balaban J connectivity index is 0.000000345. The molecule has 0 atom stereocenters. The first-order chi connectivity index (χ1) is 13.3. The molecule has 0 saturated heterocycles. The molecule has 1 aromatic heterocycles.